The van der Waals surface area contributed by atoms with Gasteiger partial charge in [0.2, 0.25) is 0 Å². The third kappa shape index (κ3) is 4.74. The third-order valence-electron chi connectivity index (χ3n) is 3.18. The van der Waals surface area contributed by atoms with E-state index in [1.165, 1.54) is 6.92 Å². The molecule has 0 unspecified atom stereocenters. The summed E-state index contributed by atoms with van der Waals surface area (Å²) in [5, 5.41) is 2.80. The molecule has 0 bridgehead atoms. The van der Waals surface area contributed by atoms with Crippen LogP contribution in [0.15, 0.2) is 48.5 Å². The fourth-order valence-corrected chi connectivity index (χ4v) is 2.03. The minimum absolute atomic E-state index is 0.0330. The Kier molecular flexibility index (Phi) is 5.31. The van der Waals surface area contributed by atoms with E-state index in [0.29, 0.717) is 17.9 Å². The van der Waals surface area contributed by atoms with Crippen molar-refractivity contribution in [1.82, 2.24) is 5.32 Å². The molecule has 4 nitrogen and oxygen atoms in total. The van der Waals surface area contributed by atoms with Gasteiger partial charge in [0.1, 0.15) is 5.75 Å². The van der Waals surface area contributed by atoms with Crippen LogP contribution in [0.4, 0.5) is 0 Å². The van der Waals surface area contributed by atoms with Gasteiger partial charge >= 0.3 is 0 Å². The van der Waals surface area contributed by atoms with E-state index in [0.717, 1.165) is 11.1 Å². The van der Waals surface area contributed by atoms with Gasteiger partial charge in [-0.2, -0.15) is 0 Å². The molecule has 0 aliphatic rings. The lowest BCUT2D eigenvalue weighted by atomic mass is 10.1. The first-order chi connectivity index (χ1) is 10.5. The maximum atomic E-state index is 11.8. The van der Waals surface area contributed by atoms with Crippen molar-refractivity contribution in [2.45, 2.75) is 20.4 Å². The molecule has 2 aromatic carbocycles. The van der Waals surface area contributed by atoms with Crippen LogP contribution in [0.2, 0.25) is 0 Å². The second-order valence-corrected chi connectivity index (χ2v) is 5.14. The van der Waals surface area contributed by atoms with Gasteiger partial charge in [-0.05, 0) is 31.5 Å². The van der Waals surface area contributed by atoms with Gasteiger partial charge in [-0.15, -0.1) is 0 Å². The van der Waals surface area contributed by atoms with Crippen molar-refractivity contribution in [3.63, 3.8) is 0 Å². The molecule has 0 fully saturated rings. The lowest BCUT2D eigenvalue weighted by molar-refractivity contribution is -0.123. The largest absolute Gasteiger partial charge is 0.484 e. The van der Waals surface area contributed by atoms with Crippen LogP contribution >= 0.6 is 0 Å². The van der Waals surface area contributed by atoms with Gasteiger partial charge in [0.15, 0.2) is 12.4 Å². The number of hydrogen-bond acceptors (Lipinski definition) is 3. The van der Waals surface area contributed by atoms with E-state index < -0.39 is 0 Å². The van der Waals surface area contributed by atoms with Crippen LogP contribution in [0, 0.1) is 6.92 Å². The summed E-state index contributed by atoms with van der Waals surface area (Å²) in [6.07, 6.45) is 0. The molecule has 1 N–H and O–H groups in total. The van der Waals surface area contributed by atoms with Crippen molar-refractivity contribution >= 4 is 11.7 Å². The second kappa shape index (κ2) is 7.41. The Morgan fingerprint density at radius 2 is 1.86 bits per heavy atom. The number of rotatable bonds is 6. The summed E-state index contributed by atoms with van der Waals surface area (Å²) in [6, 6.07) is 14.8. The number of carbonyl (C=O) groups excluding carboxylic acids is 2. The maximum absolute atomic E-state index is 11.8. The third-order valence-corrected chi connectivity index (χ3v) is 3.18. The Balaban J connectivity index is 1.83. The average molecular weight is 297 g/mol. The van der Waals surface area contributed by atoms with Gasteiger partial charge in [-0.25, -0.2) is 0 Å². The lowest BCUT2D eigenvalue weighted by Gasteiger charge is -2.08. The first-order valence-electron chi connectivity index (χ1n) is 7.10. The smallest absolute Gasteiger partial charge is 0.258 e. The summed E-state index contributed by atoms with van der Waals surface area (Å²) in [4.78, 5) is 23.1. The summed E-state index contributed by atoms with van der Waals surface area (Å²) in [5.74, 6) is 0.280. The van der Waals surface area contributed by atoms with Gasteiger partial charge in [-0.1, -0.05) is 42.0 Å². The zero-order chi connectivity index (χ0) is 15.9. The SMILES string of the molecule is CC(=O)c1cccc(OCC(=O)NCc2cccc(C)c2)c1. The average Bonchev–Trinajstić information content (AvgIpc) is 2.51. The Morgan fingerprint density at radius 1 is 1.09 bits per heavy atom. The molecule has 0 aliphatic carbocycles. The number of ketones is 1. The molecule has 0 heterocycles. The van der Waals surface area contributed by atoms with Gasteiger partial charge < -0.3 is 10.1 Å². The normalized spacial score (nSPS) is 10.1. The number of nitrogens with one attached hydrogen (secondary N) is 1. The summed E-state index contributed by atoms with van der Waals surface area (Å²) in [7, 11) is 0. The maximum Gasteiger partial charge on any atom is 0.258 e. The van der Waals surface area contributed by atoms with Crippen LogP contribution in [-0.4, -0.2) is 18.3 Å². The summed E-state index contributed by atoms with van der Waals surface area (Å²) in [5.41, 5.74) is 2.77. The van der Waals surface area contributed by atoms with Crippen LogP contribution in [0.5, 0.6) is 5.75 Å². The van der Waals surface area contributed by atoms with E-state index in [2.05, 4.69) is 5.32 Å². The number of Topliss-reactive ketones (excluding diaryl/α,β-unsaturated/α-hetero) is 1. The number of benzene rings is 2. The molecular formula is C18H19NO3. The highest BCUT2D eigenvalue weighted by Gasteiger charge is 2.05. The monoisotopic (exact) mass is 297 g/mol. The predicted octanol–water partition coefficient (Wildman–Crippen LogP) is 2.89. The molecule has 4 heteroatoms. The Morgan fingerprint density at radius 3 is 2.59 bits per heavy atom. The molecule has 0 radical (unpaired) electrons. The number of amides is 1. The van der Waals surface area contributed by atoms with Crippen LogP contribution in [-0.2, 0) is 11.3 Å². The fraction of sp³-hybridized carbons (Fsp3) is 0.222. The van der Waals surface area contributed by atoms with Gasteiger partial charge in [0.25, 0.3) is 5.91 Å². The van der Waals surface area contributed by atoms with Crippen molar-refractivity contribution in [2.75, 3.05) is 6.61 Å². The molecule has 0 atom stereocenters. The van der Waals surface area contributed by atoms with Crippen molar-refractivity contribution < 1.29 is 14.3 Å². The van der Waals surface area contributed by atoms with E-state index in [-0.39, 0.29) is 18.3 Å². The number of carbonyl (C=O) groups is 2. The predicted molar refractivity (Wildman–Crippen MR) is 85.0 cm³/mol. The molecule has 2 aromatic rings. The van der Waals surface area contributed by atoms with Crippen LogP contribution in [0.3, 0.4) is 0 Å². The van der Waals surface area contributed by atoms with Crippen LogP contribution < -0.4 is 10.1 Å². The Labute approximate surface area is 130 Å². The number of ether oxygens (including phenoxy) is 1. The molecule has 1 amide bonds. The van der Waals surface area contributed by atoms with Gasteiger partial charge in [0, 0.05) is 12.1 Å². The van der Waals surface area contributed by atoms with Crippen LogP contribution in [0.25, 0.3) is 0 Å². The number of hydrogen-bond donors (Lipinski definition) is 1. The molecule has 114 valence electrons. The van der Waals surface area contributed by atoms with Crippen molar-refractivity contribution in [3.8, 4) is 5.75 Å². The number of aryl methyl sites for hydroxylation is 1. The van der Waals surface area contributed by atoms with E-state index in [1.807, 2.05) is 31.2 Å². The zero-order valence-electron chi connectivity index (χ0n) is 12.8. The molecule has 0 aliphatic heterocycles. The van der Waals surface area contributed by atoms with E-state index in [4.69, 9.17) is 4.74 Å². The van der Waals surface area contributed by atoms with E-state index in [1.54, 1.807) is 24.3 Å². The van der Waals surface area contributed by atoms with Crippen molar-refractivity contribution in [2.24, 2.45) is 0 Å². The Bertz CT molecular complexity index is 680. The first kappa shape index (κ1) is 15.8. The molecule has 0 saturated carbocycles. The van der Waals surface area contributed by atoms with Crippen molar-refractivity contribution in [3.05, 3.63) is 65.2 Å². The van der Waals surface area contributed by atoms with Gasteiger partial charge in [0.05, 0.1) is 0 Å². The highest BCUT2D eigenvalue weighted by Crippen LogP contribution is 2.13. The summed E-state index contributed by atoms with van der Waals surface area (Å²) >= 11 is 0. The highest BCUT2D eigenvalue weighted by atomic mass is 16.5. The summed E-state index contributed by atoms with van der Waals surface area (Å²) < 4.78 is 5.41. The van der Waals surface area contributed by atoms with Crippen LogP contribution in [0.1, 0.15) is 28.4 Å². The zero-order valence-corrected chi connectivity index (χ0v) is 12.8. The first-order valence-corrected chi connectivity index (χ1v) is 7.10. The molecular weight excluding hydrogens is 278 g/mol. The fourth-order valence-electron chi connectivity index (χ4n) is 2.03. The standard InChI is InChI=1S/C18H19NO3/c1-13-5-3-6-15(9-13)11-19-18(21)12-22-17-8-4-7-16(10-17)14(2)20/h3-10H,11-12H2,1-2H3,(H,19,21). The minimum Gasteiger partial charge on any atom is -0.484 e. The quantitative estimate of drug-likeness (QED) is 0.834. The lowest BCUT2D eigenvalue weighted by Crippen LogP contribution is -2.28. The topological polar surface area (TPSA) is 55.4 Å². The molecule has 0 saturated heterocycles. The second-order valence-electron chi connectivity index (χ2n) is 5.14. The van der Waals surface area contributed by atoms with E-state index in [9.17, 15) is 9.59 Å². The highest BCUT2D eigenvalue weighted by molar-refractivity contribution is 5.94. The van der Waals surface area contributed by atoms with Crippen molar-refractivity contribution in [1.29, 1.82) is 0 Å². The molecule has 0 spiro atoms. The van der Waals surface area contributed by atoms with Gasteiger partial charge in [-0.3, -0.25) is 9.59 Å². The minimum atomic E-state index is -0.199. The van der Waals surface area contributed by atoms with E-state index >= 15 is 0 Å². The Hall–Kier alpha value is -2.62. The summed E-state index contributed by atoms with van der Waals surface area (Å²) in [6.45, 7) is 3.90. The molecule has 0 aromatic heterocycles. The molecule has 22 heavy (non-hydrogen) atoms. The molecule has 2 rings (SSSR count).